The summed E-state index contributed by atoms with van der Waals surface area (Å²) in [4.78, 5) is 23.3. The molecule has 10 heteroatoms. The van der Waals surface area contributed by atoms with Gasteiger partial charge in [-0.25, -0.2) is 5.48 Å². The van der Waals surface area contributed by atoms with Crippen molar-refractivity contribution in [2.45, 2.75) is 70.1 Å². The third-order valence-electron chi connectivity index (χ3n) is 6.30. The second-order valence-electron chi connectivity index (χ2n) is 9.27. The molecule has 38 heavy (non-hydrogen) atoms. The third kappa shape index (κ3) is 10.0. The molecule has 9 nitrogen and oxygen atoms in total. The van der Waals surface area contributed by atoms with Gasteiger partial charge in [0.25, 0.3) is 0 Å². The highest BCUT2D eigenvalue weighted by Crippen LogP contribution is 2.39. The summed E-state index contributed by atoms with van der Waals surface area (Å²) in [5.74, 6) is 0.937. The van der Waals surface area contributed by atoms with Gasteiger partial charge in [0.1, 0.15) is 0 Å². The van der Waals surface area contributed by atoms with Crippen molar-refractivity contribution in [3.8, 4) is 0 Å². The second-order valence-corrected chi connectivity index (χ2v) is 10.4. The number of amides is 2. The monoisotopic (exact) mass is 546 g/mol. The van der Waals surface area contributed by atoms with Crippen LogP contribution in [0.2, 0.25) is 0 Å². The van der Waals surface area contributed by atoms with E-state index in [1.165, 1.54) is 0 Å². The van der Waals surface area contributed by atoms with E-state index in [1.54, 1.807) is 17.2 Å². The first-order chi connectivity index (χ1) is 18.5. The van der Waals surface area contributed by atoms with Crippen LogP contribution >= 0.6 is 11.8 Å². The number of unbranched alkanes of at least 4 members (excludes halogenated alkanes) is 3. The molecule has 3 unspecified atom stereocenters. The van der Waals surface area contributed by atoms with Crippen molar-refractivity contribution >= 4 is 29.3 Å². The van der Waals surface area contributed by atoms with Crippen molar-refractivity contribution < 1.29 is 34.5 Å². The summed E-state index contributed by atoms with van der Waals surface area (Å²) in [6.45, 7) is 0.117. The third-order valence-corrected chi connectivity index (χ3v) is 7.38. The molecule has 2 amide bonds. The van der Waals surface area contributed by atoms with Crippen LogP contribution in [0.4, 0.5) is 5.69 Å². The number of aliphatic hydroxyl groups is 2. The normalized spacial score (nSPS) is 19.2. The van der Waals surface area contributed by atoms with Crippen molar-refractivity contribution in [3.05, 3.63) is 65.2 Å². The molecule has 2 aromatic rings. The highest BCUT2D eigenvalue weighted by molar-refractivity contribution is 7.99. The molecule has 1 aliphatic heterocycles. The molecule has 1 heterocycles. The second kappa shape index (κ2) is 16.5. The van der Waals surface area contributed by atoms with E-state index in [4.69, 9.17) is 19.8 Å². The standard InChI is InChI=1S/C28H38N2O7S/c31-15-16-38-19-24-17-25(21-9-7-20(18-32)8-10-21)37-28(36-24)22-11-13-23(14-12-22)29-26(33)5-3-1-2-4-6-27(34)30-35/h7-14,24-25,28,31-32,35H,1-6,15-19H2,(H,29,33)(H,30,34). The van der Waals surface area contributed by atoms with Gasteiger partial charge in [-0.3, -0.25) is 14.8 Å². The number of carbonyl (C=O) groups excluding carboxylic acids is 2. The number of aliphatic hydroxyl groups excluding tert-OH is 2. The summed E-state index contributed by atoms with van der Waals surface area (Å²) >= 11 is 1.64. The van der Waals surface area contributed by atoms with Crippen LogP contribution < -0.4 is 10.8 Å². The highest BCUT2D eigenvalue weighted by Gasteiger charge is 2.32. The number of ether oxygens (including phenoxy) is 2. The van der Waals surface area contributed by atoms with E-state index in [2.05, 4.69) is 5.32 Å². The number of rotatable bonds is 15. The number of benzene rings is 2. The van der Waals surface area contributed by atoms with Crippen LogP contribution in [-0.4, -0.2) is 51.5 Å². The van der Waals surface area contributed by atoms with Gasteiger partial charge in [0.15, 0.2) is 6.29 Å². The quantitative estimate of drug-likeness (QED) is 0.127. The van der Waals surface area contributed by atoms with E-state index in [0.717, 1.165) is 41.7 Å². The number of hydroxylamine groups is 1. The molecular weight excluding hydrogens is 508 g/mol. The van der Waals surface area contributed by atoms with Crippen molar-refractivity contribution in [2.24, 2.45) is 0 Å². The lowest BCUT2D eigenvalue weighted by atomic mass is 10.0. The maximum atomic E-state index is 12.3. The predicted octanol–water partition coefficient (Wildman–Crippen LogP) is 4.23. The molecule has 0 aliphatic carbocycles. The predicted molar refractivity (Wildman–Crippen MR) is 146 cm³/mol. The molecule has 2 aromatic carbocycles. The smallest absolute Gasteiger partial charge is 0.243 e. The fraction of sp³-hybridized carbons (Fsp3) is 0.500. The van der Waals surface area contributed by atoms with Crippen LogP contribution in [0.3, 0.4) is 0 Å². The summed E-state index contributed by atoms with van der Waals surface area (Å²) in [5.41, 5.74) is 5.03. The number of hydrogen-bond acceptors (Lipinski definition) is 8. The minimum absolute atomic E-state index is 0.00758. The summed E-state index contributed by atoms with van der Waals surface area (Å²) < 4.78 is 12.6. The van der Waals surface area contributed by atoms with E-state index in [-0.39, 0.29) is 37.7 Å². The zero-order chi connectivity index (χ0) is 27.2. The van der Waals surface area contributed by atoms with Crippen molar-refractivity contribution in [1.82, 2.24) is 5.48 Å². The number of nitrogens with one attached hydrogen (secondary N) is 2. The number of hydrogen-bond donors (Lipinski definition) is 5. The first kappa shape index (κ1) is 30.1. The zero-order valence-corrected chi connectivity index (χ0v) is 22.3. The van der Waals surface area contributed by atoms with Gasteiger partial charge < -0.3 is 25.0 Å². The molecule has 3 rings (SSSR count). The van der Waals surface area contributed by atoms with Crippen LogP contribution in [0.5, 0.6) is 0 Å². The van der Waals surface area contributed by atoms with E-state index < -0.39 is 12.2 Å². The number of anilines is 1. The Morgan fingerprint density at radius 2 is 1.53 bits per heavy atom. The van der Waals surface area contributed by atoms with Gasteiger partial charge in [0.05, 0.1) is 25.4 Å². The Balaban J connectivity index is 1.53. The Bertz CT molecular complexity index is 988. The molecule has 0 aromatic heterocycles. The SMILES string of the molecule is O=C(CCCCCCC(=O)Nc1ccc(C2OC(CSCCO)CC(c3ccc(CO)cc3)O2)cc1)NO. The van der Waals surface area contributed by atoms with Crippen LogP contribution in [0.1, 0.15) is 74.0 Å². The van der Waals surface area contributed by atoms with Gasteiger partial charge in [-0.1, -0.05) is 49.2 Å². The number of carbonyl (C=O) groups is 2. The van der Waals surface area contributed by atoms with Crippen LogP contribution in [0.25, 0.3) is 0 Å². The minimum atomic E-state index is -0.566. The first-order valence-corrected chi connectivity index (χ1v) is 14.2. The molecule has 0 spiro atoms. The Hall–Kier alpha value is -2.47. The van der Waals surface area contributed by atoms with E-state index in [1.807, 2.05) is 48.5 Å². The lowest BCUT2D eigenvalue weighted by molar-refractivity contribution is -0.245. The largest absolute Gasteiger partial charge is 0.396 e. The maximum Gasteiger partial charge on any atom is 0.243 e. The summed E-state index contributed by atoms with van der Waals surface area (Å²) in [6, 6.07) is 15.2. The Morgan fingerprint density at radius 3 is 2.16 bits per heavy atom. The van der Waals surface area contributed by atoms with Gasteiger partial charge in [-0.15, -0.1) is 0 Å². The molecule has 208 valence electrons. The molecule has 1 fully saturated rings. The fourth-order valence-corrected chi connectivity index (χ4v) is 5.00. The Labute approximate surface area is 227 Å². The molecular formula is C28H38N2O7S. The first-order valence-electron chi connectivity index (χ1n) is 13.0. The van der Waals surface area contributed by atoms with Gasteiger partial charge >= 0.3 is 0 Å². The molecule has 1 aliphatic rings. The summed E-state index contributed by atoms with van der Waals surface area (Å²) in [5, 5.41) is 29.9. The average Bonchev–Trinajstić information content (AvgIpc) is 2.95. The molecule has 3 atom stereocenters. The van der Waals surface area contributed by atoms with Gasteiger partial charge in [0, 0.05) is 42.0 Å². The van der Waals surface area contributed by atoms with Gasteiger partial charge in [-0.05, 0) is 36.1 Å². The zero-order valence-electron chi connectivity index (χ0n) is 21.5. The molecule has 0 radical (unpaired) electrons. The number of thioether (sulfide) groups is 1. The fourth-order valence-electron chi connectivity index (χ4n) is 4.23. The van der Waals surface area contributed by atoms with E-state index >= 15 is 0 Å². The average molecular weight is 547 g/mol. The van der Waals surface area contributed by atoms with E-state index in [0.29, 0.717) is 30.7 Å². The minimum Gasteiger partial charge on any atom is -0.396 e. The van der Waals surface area contributed by atoms with Crippen LogP contribution in [0.15, 0.2) is 48.5 Å². The highest BCUT2D eigenvalue weighted by atomic mass is 32.2. The van der Waals surface area contributed by atoms with Crippen LogP contribution in [0, 0.1) is 0 Å². The Morgan fingerprint density at radius 1 is 0.868 bits per heavy atom. The molecule has 5 N–H and O–H groups in total. The topological polar surface area (TPSA) is 137 Å². The van der Waals surface area contributed by atoms with E-state index in [9.17, 15) is 14.7 Å². The lowest BCUT2D eigenvalue weighted by Crippen LogP contribution is -2.31. The lowest BCUT2D eigenvalue weighted by Gasteiger charge is -2.36. The van der Waals surface area contributed by atoms with Gasteiger partial charge in [0.2, 0.25) is 11.8 Å². The van der Waals surface area contributed by atoms with Crippen molar-refractivity contribution in [3.63, 3.8) is 0 Å². The molecule has 0 saturated carbocycles. The van der Waals surface area contributed by atoms with Crippen LogP contribution in [-0.2, 0) is 25.7 Å². The summed E-state index contributed by atoms with van der Waals surface area (Å²) in [7, 11) is 0. The Kier molecular flexibility index (Phi) is 13.0. The summed E-state index contributed by atoms with van der Waals surface area (Å²) in [6.07, 6.45) is 3.64. The molecule has 1 saturated heterocycles. The van der Waals surface area contributed by atoms with Crippen molar-refractivity contribution in [2.75, 3.05) is 23.4 Å². The molecule has 0 bridgehead atoms. The maximum absolute atomic E-state index is 12.3. The van der Waals surface area contributed by atoms with Gasteiger partial charge in [-0.2, -0.15) is 11.8 Å². The van der Waals surface area contributed by atoms with Crippen molar-refractivity contribution in [1.29, 1.82) is 0 Å².